The Balaban J connectivity index is 2.17. The lowest BCUT2D eigenvalue weighted by molar-refractivity contribution is 0.233. The molecule has 2 rings (SSSR count). The Morgan fingerprint density at radius 1 is 1.33 bits per heavy atom. The average Bonchev–Trinajstić information content (AvgIpc) is 2.34. The molecular weight excluding hydrogens is 251 g/mol. The molecule has 1 aliphatic rings. The van der Waals surface area contributed by atoms with Crippen LogP contribution in [0.25, 0.3) is 0 Å². The number of benzene rings is 1. The van der Waals surface area contributed by atoms with Crippen molar-refractivity contribution in [3.63, 3.8) is 0 Å². The minimum atomic E-state index is -0.268. The minimum absolute atomic E-state index is 0.158. The Morgan fingerprint density at radius 3 is 2.61 bits per heavy atom. The van der Waals surface area contributed by atoms with Crippen molar-refractivity contribution in [3.05, 3.63) is 34.1 Å². The molecule has 0 bridgehead atoms. The van der Waals surface area contributed by atoms with Crippen molar-refractivity contribution >= 4 is 11.6 Å². The highest BCUT2D eigenvalue weighted by Crippen LogP contribution is 2.27. The maximum absolute atomic E-state index is 13.9. The Bertz CT molecular complexity index is 415. The third-order valence-electron chi connectivity index (χ3n) is 3.35. The number of hydrogen-bond acceptors (Lipinski definition) is 2. The van der Waals surface area contributed by atoms with Gasteiger partial charge < -0.3 is 5.32 Å². The Hall–Kier alpha value is -0.640. The first kappa shape index (κ1) is 13.8. The molecule has 0 aliphatic carbocycles. The van der Waals surface area contributed by atoms with Gasteiger partial charge in [0.05, 0.1) is 5.02 Å². The van der Waals surface area contributed by atoms with Gasteiger partial charge in [-0.15, -0.1) is 0 Å². The Kier molecular flexibility index (Phi) is 4.60. The van der Waals surface area contributed by atoms with Gasteiger partial charge in [-0.05, 0) is 23.1 Å². The van der Waals surface area contributed by atoms with Crippen molar-refractivity contribution in [3.8, 4) is 0 Å². The summed E-state index contributed by atoms with van der Waals surface area (Å²) in [6, 6.07) is 3.71. The number of nitrogens with one attached hydrogen (secondary N) is 1. The summed E-state index contributed by atoms with van der Waals surface area (Å²) in [6.07, 6.45) is 0. The molecule has 0 radical (unpaired) electrons. The molecule has 1 aromatic rings. The van der Waals surface area contributed by atoms with Crippen molar-refractivity contribution < 1.29 is 4.39 Å². The van der Waals surface area contributed by atoms with Crippen molar-refractivity contribution in [2.75, 3.05) is 26.2 Å². The van der Waals surface area contributed by atoms with Crippen molar-refractivity contribution in [2.24, 2.45) is 0 Å². The van der Waals surface area contributed by atoms with E-state index in [2.05, 4.69) is 10.2 Å². The van der Waals surface area contributed by atoms with Crippen LogP contribution in [0.1, 0.15) is 30.9 Å². The predicted molar refractivity (Wildman–Crippen MR) is 73.6 cm³/mol. The highest BCUT2D eigenvalue weighted by Gasteiger charge is 2.15. The van der Waals surface area contributed by atoms with Crippen LogP contribution in [0.4, 0.5) is 4.39 Å². The van der Waals surface area contributed by atoms with E-state index >= 15 is 0 Å². The quantitative estimate of drug-likeness (QED) is 0.908. The minimum Gasteiger partial charge on any atom is -0.314 e. The standard InChI is InChI=1S/C14H20ClFN2/c1-10(2)12-7-11(8-13(15)14(12)16)9-18-5-3-17-4-6-18/h7-8,10,17H,3-6,9H2,1-2H3. The maximum Gasteiger partial charge on any atom is 0.145 e. The molecule has 18 heavy (non-hydrogen) atoms. The maximum atomic E-state index is 13.9. The van der Waals surface area contributed by atoms with Crippen LogP contribution in [0.5, 0.6) is 0 Å². The lowest BCUT2D eigenvalue weighted by Gasteiger charge is -2.27. The number of rotatable bonds is 3. The molecular formula is C14H20ClFN2. The van der Waals surface area contributed by atoms with Gasteiger partial charge in [0.1, 0.15) is 5.82 Å². The fraction of sp³-hybridized carbons (Fsp3) is 0.571. The van der Waals surface area contributed by atoms with E-state index in [4.69, 9.17) is 11.6 Å². The third kappa shape index (κ3) is 3.22. The van der Waals surface area contributed by atoms with Crippen LogP contribution in [0, 0.1) is 5.82 Å². The Labute approximate surface area is 113 Å². The van der Waals surface area contributed by atoms with Crippen LogP contribution < -0.4 is 5.32 Å². The molecule has 0 amide bonds. The molecule has 1 fully saturated rings. The van der Waals surface area contributed by atoms with Crippen LogP contribution in [-0.4, -0.2) is 31.1 Å². The third-order valence-corrected chi connectivity index (χ3v) is 3.63. The smallest absolute Gasteiger partial charge is 0.145 e. The van der Waals surface area contributed by atoms with Gasteiger partial charge in [0.25, 0.3) is 0 Å². The van der Waals surface area contributed by atoms with Crippen molar-refractivity contribution in [1.29, 1.82) is 0 Å². The van der Waals surface area contributed by atoms with Gasteiger partial charge >= 0.3 is 0 Å². The highest BCUT2D eigenvalue weighted by atomic mass is 35.5. The summed E-state index contributed by atoms with van der Waals surface area (Å²) in [7, 11) is 0. The monoisotopic (exact) mass is 270 g/mol. The topological polar surface area (TPSA) is 15.3 Å². The average molecular weight is 271 g/mol. The summed E-state index contributed by atoms with van der Waals surface area (Å²) >= 11 is 5.97. The van der Waals surface area contributed by atoms with Gasteiger partial charge in [0.2, 0.25) is 0 Å². The second-order valence-electron chi connectivity index (χ2n) is 5.16. The lowest BCUT2D eigenvalue weighted by Crippen LogP contribution is -2.42. The summed E-state index contributed by atoms with van der Waals surface area (Å²) < 4.78 is 13.9. The van der Waals surface area contributed by atoms with E-state index < -0.39 is 0 Å². The highest BCUT2D eigenvalue weighted by molar-refractivity contribution is 6.30. The lowest BCUT2D eigenvalue weighted by atomic mass is 9.99. The second kappa shape index (κ2) is 6.00. The molecule has 1 heterocycles. The predicted octanol–water partition coefficient (Wildman–Crippen LogP) is 3.01. The molecule has 1 aromatic carbocycles. The van der Waals surface area contributed by atoms with Gasteiger partial charge in [-0.3, -0.25) is 4.90 Å². The molecule has 0 aromatic heterocycles. The van der Waals surface area contributed by atoms with E-state index in [9.17, 15) is 4.39 Å². The summed E-state index contributed by atoms with van der Waals surface area (Å²) in [5.41, 5.74) is 1.82. The van der Waals surface area contributed by atoms with Crippen molar-refractivity contribution in [2.45, 2.75) is 26.3 Å². The Morgan fingerprint density at radius 2 is 2.00 bits per heavy atom. The van der Waals surface area contributed by atoms with Crippen LogP contribution in [-0.2, 0) is 6.54 Å². The van der Waals surface area contributed by atoms with E-state index in [1.54, 1.807) is 6.07 Å². The summed E-state index contributed by atoms with van der Waals surface area (Å²) in [5.74, 6) is -0.110. The summed E-state index contributed by atoms with van der Waals surface area (Å²) in [4.78, 5) is 2.37. The van der Waals surface area contributed by atoms with Gasteiger partial charge in [0.15, 0.2) is 0 Å². The van der Waals surface area contributed by atoms with Crippen LogP contribution in [0.3, 0.4) is 0 Å². The fourth-order valence-corrected chi connectivity index (χ4v) is 2.56. The van der Waals surface area contributed by atoms with Gasteiger partial charge in [0, 0.05) is 32.7 Å². The van der Waals surface area contributed by atoms with E-state index in [0.717, 1.165) is 38.3 Å². The van der Waals surface area contributed by atoms with Gasteiger partial charge in [-0.1, -0.05) is 31.5 Å². The molecule has 0 atom stereocenters. The molecule has 0 unspecified atom stereocenters. The molecule has 1 N–H and O–H groups in total. The zero-order chi connectivity index (χ0) is 13.1. The van der Waals surface area contributed by atoms with E-state index in [-0.39, 0.29) is 16.8 Å². The SMILES string of the molecule is CC(C)c1cc(CN2CCNCC2)cc(Cl)c1F. The number of piperazine rings is 1. The van der Waals surface area contributed by atoms with Crippen LogP contribution in [0.2, 0.25) is 5.02 Å². The largest absolute Gasteiger partial charge is 0.314 e. The summed E-state index contributed by atoms with van der Waals surface area (Å²) in [5, 5.41) is 3.56. The molecule has 0 saturated carbocycles. The second-order valence-corrected chi connectivity index (χ2v) is 5.57. The van der Waals surface area contributed by atoms with Crippen LogP contribution >= 0.6 is 11.6 Å². The number of hydrogen-bond donors (Lipinski definition) is 1. The van der Waals surface area contributed by atoms with E-state index in [1.807, 2.05) is 19.9 Å². The van der Waals surface area contributed by atoms with E-state index in [1.165, 1.54) is 0 Å². The molecule has 4 heteroatoms. The first-order valence-electron chi connectivity index (χ1n) is 6.49. The van der Waals surface area contributed by atoms with Crippen molar-refractivity contribution in [1.82, 2.24) is 10.2 Å². The zero-order valence-electron chi connectivity index (χ0n) is 11.0. The molecule has 1 aliphatic heterocycles. The first-order chi connectivity index (χ1) is 8.58. The van der Waals surface area contributed by atoms with Crippen LogP contribution in [0.15, 0.2) is 12.1 Å². The molecule has 1 saturated heterocycles. The molecule has 2 nitrogen and oxygen atoms in total. The zero-order valence-corrected chi connectivity index (χ0v) is 11.7. The normalized spacial score (nSPS) is 17.4. The number of halogens is 2. The van der Waals surface area contributed by atoms with E-state index in [0.29, 0.717) is 5.56 Å². The number of nitrogens with zero attached hydrogens (tertiary/aromatic N) is 1. The summed E-state index contributed by atoms with van der Waals surface area (Å²) in [6.45, 7) is 8.93. The fourth-order valence-electron chi connectivity index (χ4n) is 2.31. The molecule has 0 spiro atoms. The van der Waals surface area contributed by atoms with Gasteiger partial charge in [-0.25, -0.2) is 4.39 Å². The van der Waals surface area contributed by atoms with Gasteiger partial charge in [-0.2, -0.15) is 0 Å². The molecule has 100 valence electrons. The first-order valence-corrected chi connectivity index (χ1v) is 6.86.